The molecule has 1 aliphatic carbocycles. The lowest BCUT2D eigenvalue weighted by Gasteiger charge is -2.31. The average molecular weight is 621 g/mol. The number of aryl methyl sites for hydroxylation is 1. The van der Waals surface area contributed by atoms with Crippen LogP contribution in [0.4, 0.5) is 0 Å². The van der Waals surface area contributed by atoms with Gasteiger partial charge in [-0.3, -0.25) is 0 Å². The molecule has 3 unspecified atom stereocenters. The molecule has 0 spiro atoms. The highest BCUT2D eigenvalue weighted by Crippen LogP contribution is 2.38. The van der Waals surface area contributed by atoms with Crippen molar-refractivity contribution in [1.29, 1.82) is 0 Å². The van der Waals surface area contributed by atoms with Gasteiger partial charge in [-0.1, -0.05) is 81.2 Å². The summed E-state index contributed by atoms with van der Waals surface area (Å²) < 4.78 is 2.38. The third-order valence-electron chi connectivity index (χ3n) is 6.85. The van der Waals surface area contributed by atoms with Crippen molar-refractivity contribution >= 4 is 31.9 Å². The van der Waals surface area contributed by atoms with E-state index in [9.17, 15) is 0 Å². The molecular weight excluding hydrogens is 590 g/mol. The van der Waals surface area contributed by atoms with Gasteiger partial charge >= 0.3 is 0 Å². The topological polar surface area (TPSA) is 12.0 Å². The molecule has 4 heteroatoms. The van der Waals surface area contributed by atoms with Gasteiger partial charge in [0.2, 0.25) is 0 Å². The van der Waals surface area contributed by atoms with Gasteiger partial charge < -0.3 is 22.3 Å². The number of benzene rings is 3. The van der Waals surface area contributed by atoms with Gasteiger partial charge in [-0.05, 0) is 103 Å². The van der Waals surface area contributed by atoms with Crippen LogP contribution in [0.25, 0.3) is 0 Å². The van der Waals surface area contributed by atoms with E-state index in [4.69, 9.17) is 0 Å². The Morgan fingerprint density at radius 3 is 2.12 bits per heavy atom. The largest absolute Gasteiger partial charge is 1.00 e. The minimum Gasteiger partial charge on any atom is -1.00 e. The molecule has 0 fully saturated rings. The molecule has 32 heavy (non-hydrogen) atoms. The van der Waals surface area contributed by atoms with E-state index >= 15 is 0 Å². The van der Waals surface area contributed by atoms with Gasteiger partial charge in [-0.25, -0.2) is 0 Å². The van der Waals surface area contributed by atoms with Crippen LogP contribution >= 0.6 is 31.9 Å². The fourth-order valence-corrected chi connectivity index (χ4v) is 5.75. The van der Waals surface area contributed by atoms with Crippen molar-refractivity contribution in [2.24, 2.45) is 5.92 Å². The van der Waals surface area contributed by atoms with E-state index in [1.165, 1.54) is 44.9 Å². The third kappa shape index (κ3) is 6.34. The van der Waals surface area contributed by atoms with Crippen molar-refractivity contribution in [2.75, 3.05) is 6.54 Å². The molecule has 3 atom stereocenters. The molecule has 0 bridgehead atoms. The van der Waals surface area contributed by atoms with E-state index < -0.39 is 0 Å². The fraction of sp³-hybridized carbons (Fsp3) is 0.357. The summed E-state index contributed by atoms with van der Waals surface area (Å²) in [5.74, 6) is 1.42. The second-order valence-corrected chi connectivity index (χ2v) is 10.7. The van der Waals surface area contributed by atoms with Gasteiger partial charge in [0.1, 0.15) is 0 Å². The highest BCUT2D eigenvalue weighted by molar-refractivity contribution is 9.10. The Hall–Kier alpha value is -0.940. The third-order valence-corrected chi connectivity index (χ3v) is 7.84. The maximum atomic E-state index is 3.60. The molecular formula is C28H31Br3N-. The first kappa shape index (κ1) is 25.7. The first-order valence-electron chi connectivity index (χ1n) is 11.3. The van der Waals surface area contributed by atoms with Gasteiger partial charge in [0, 0.05) is 15.0 Å². The van der Waals surface area contributed by atoms with Crippen LogP contribution in [0.2, 0.25) is 0 Å². The summed E-state index contributed by atoms with van der Waals surface area (Å²) >= 11 is 7.09. The number of hydrogen-bond donors (Lipinski definition) is 1. The summed E-state index contributed by atoms with van der Waals surface area (Å²) in [7, 11) is 0. The van der Waals surface area contributed by atoms with E-state index in [2.05, 4.69) is 118 Å². The molecule has 1 nitrogen and oxygen atoms in total. The Morgan fingerprint density at radius 2 is 1.44 bits per heavy atom. The second-order valence-electron chi connectivity index (χ2n) is 8.89. The van der Waals surface area contributed by atoms with E-state index in [0.29, 0.717) is 12.0 Å². The quantitative estimate of drug-likeness (QED) is 0.425. The van der Waals surface area contributed by atoms with Crippen LogP contribution in [-0.4, -0.2) is 6.54 Å². The summed E-state index contributed by atoms with van der Waals surface area (Å²) in [6.07, 6.45) is 4.90. The minimum atomic E-state index is 0. The zero-order valence-electron chi connectivity index (χ0n) is 18.8. The summed E-state index contributed by atoms with van der Waals surface area (Å²) in [5.41, 5.74) is 7.49. The highest BCUT2D eigenvalue weighted by atomic mass is 79.9. The van der Waals surface area contributed by atoms with Crippen LogP contribution in [0.5, 0.6) is 0 Å². The summed E-state index contributed by atoms with van der Waals surface area (Å²) in [4.78, 5) is 0. The zero-order valence-corrected chi connectivity index (χ0v) is 23.5. The van der Waals surface area contributed by atoms with Crippen molar-refractivity contribution in [3.63, 3.8) is 0 Å². The molecule has 170 valence electrons. The van der Waals surface area contributed by atoms with Crippen LogP contribution in [-0.2, 0) is 19.3 Å². The van der Waals surface area contributed by atoms with Gasteiger partial charge in [0.05, 0.1) is 0 Å². The molecule has 0 aromatic heterocycles. The van der Waals surface area contributed by atoms with Crippen LogP contribution in [0, 0.1) is 5.92 Å². The molecule has 1 N–H and O–H groups in total. The number of nitrogens with one attached hydrogen (secondary N) is 1. The molecule has 1 heterocycles. The van der Waals surface area contributed by atoms with Crippen molar-refractivity contribution in [3.05, 3.63) is 103 Å². The lowest BCUT2D eigenvalue weighted by Crippen LogP contribution is -3.00. The molecule has 0 saturated heterocycles. The molecule has 3 aromatic carbocycles. The lowest BCUT2D eigenvalue weighted by atomic mass is 9.74. The van der Waals surface area contributed by atoms with Crippen molar-refractivity contribution in [1.82, 2.24) is 5.32 Å². The Balaban J connectivity index is 0.000000193. The number of halogens is 3. The maximum absolute atomic E-state index is 3.60. The SMILES string of the molecule is CC1NCCc2ccc(Br)cc21.CC1c2cc(Br)ccc2CCC1Cc1ccccc1.[Br-]. The first-order valence-corrected chi connectivity index (χ1v) is 12.9. The number of rotatable bonds is 2. The summed E-state index contributed by atoms with van der Waals surface area (Å²) in [6, 6.07) is 24.7. The van der Waals surface area contributed by atoms with E-state index in [0.717, 1.165) is 18.9 Å². The van der Waals surface area contributed by atoms with Gasteiger partial charge in [0.15, 0.2) is 0 Å². The van der Waals surface area contributed by atoms with Crippen molar-refractivity contribution in [3.8, 4) is 0 Å². The monoisotopic (exact) mass is 618 g/mol. The molecule has 2 aliphatic rings. The maximum Gasteiger partial charge on any atom is 0.0295 e. The molecule has 1 aliphatic heterocycles. The highest BCUT2D eigenvalue weighted by Gasteiger charge is 2.26. The zero-order chi connectivity index (χ0) is 21.8. The van der Waals surface area contributed by atoms with Crippen molar-refractivity contribution < 1.29 is 17.0 Å². The number of hydrogen-bond acceptors (Lipinski definition) is 1. The van der Waals surface area contributed by atoms with Crippen molar-refractivity contribution in [2.45, 2.75) is 51.5 Å². The molecule has 5 rings (SSSR count). The number of fused-ring (bicyclic) bond motifs is 2. The first-order chi connectivity index (χ1) is 15.0. The Bertz CT molecular complexity index is 1020. The van der Waals surface area contributed by atoms with Crippen LogP contribution < -0.4 is 22.3 Å². The standard InChI is InChI=1S/C18H19Br.C10H12BrN.BrH/c1-13-16(11-14-5-3-2-4-6-14)8-7-15-9-10-17(19)12-18(13)15;1-7-10-6-9(11)3-2-8(10)4-5-12-7;/h2-6,9-10,12-13,16H,7-8,11H2,1H3;2-3,6-7,12H,4-5H2,1H3;1H/p-1. The summed E-state index contributed by atoms with van der Waals surface area (Å²) in [5, 5.41) is 3.44. The van der Waals surface area contributed by atoms with Crippen LogP contribution in [0.3, 0.4) is 0 Å². The van der Waals surface area contributed by atoms with E-state index in [1.54, 1.807) is 11.1 Å². The summed E-state index contributed by atoms with van der Waals surface area (Å²) in [6.45, 7) is 5.71. The van der Waals surface area contributed by atoms with Crippen LogP contribution in [0.15, 0.2) is 75.7 Å². The molecule has 3 aromatic rings. The molecule has 0 amide bonds. The lowest BCUT2D eigenvalue weighted by molar-refractivity contribution is -0.00000617. The normalized spacial score (nSPS) is 21.3. The van der Waals surface area contributed by atoms with Crippen LogP contribution in [0.1, 0.15) is 60.0 Å². The van der Waals surface area contributed by atoms with E-state index in [1.807, 2.05) is 0 Å². The average Bonchev–Trinajstić information content (AvgIpc) is 2.78. The Kier molecular flexibility index (Phi) is 9.60. The van der Waals surface area contributed by atoms with Gasteiger partial charge in [-0.15, -0.1) is 0 Å². The van der Waals surface area contributed by atoms with Gasteiger partial charge in [-0.2, -0.15) is 0 Å². The predicted molar refractivity (Wildman–Crippen MR) is 139 cm³/mol. The van der Waals surface area contributed by atoms with Gasteiger partial charge in [0.25, 0.3) is 0 Å². The second kappa shape index (κ2) is 12.0. The minimum absolute atomic E-state index is 0. The Labute approximate surface area is 220 Å². The molecule has 0 saturated carbocycles. The Morgan fingerprint density at radius 1 is 0.812 bits per heavy atom. The predicted octanol–water partition coefficient (Wildman–Crippen LogP) is 5.02. The van der Waals surface area contributed by atoms with E-state index in [-0.39, 0.29) is 17.0 Å². The smallest absolute Gasteiger partial charge is 0.0295 e. The molecule has 0 radical (unpaired) electrons. The fourth-order valence-electron chi connectivity index (χ4n) is 4.99.